The third kappa shape index (κ3) is 8.61. The number of pyridine rings is 1. The summed E-state index contributed by atoms with van der Waals surface area (Å²) in [5.74, 6) is 2.59. The van der Waals surface area contributed by atoms with Crippen molar-refractivity contribution in [1.82, 2.24) is 4.98 Å². The normalized spacial score (nSPS) is 10.8. The number of ether oxygens (including phenoxy) is 3. The van der Waals surface area contributed by atoms with Gasteiger partial charge in [-0.25, -0.2) is 4.98 Å². The van der Waals surface area contributed by atoms with Gasteiger partial charge in [0.05, 0.1) is 25.5 Å². The van der Waals surface area contributed by atoms with E-state index in [1.165, 1.54) is 5.56 Å². The highest BCUT2D eigenvalue weighted by Crippen LogP contribution is 2.31. The summed E-state index contributed by atoms with van der Waals surface area (Å²) in [6.45, 7) is 6.45. The smallest absolute Gasteiger partial charge is 0.214 e. The van der Waals surface area contributed by atoms with Crippen LogP contribution in [0.5, 0.6) is 17.4 Å². The lowest BCUT2D eigenvalue weighted by Gasteiger charge is -2.16. The Kier molecular flexibility index (Phi) is 11.3. The van der Waals surface area contributed by atoms with Crippen molar-refractivity contribution in [3.8, 4) is 39.8 Å². The van der Waals surface area contributed by atoms with Gasteiger partial charge in [0, 0.05) is 17.2 Å². The number of rotatable bonds is 16. The van der Waals surface area contributed by atoms with Crippen LogP contribution in [0.1, 0.15) is 57.9 Å². The summed E-state index contributed by atoms with van der Waals surface area (Å²) >= 11 is 0. The number of aromatic nitrogens is 1. The minimum Gasteiger partial charge on any atom is -0.493 e. The molecule has 4 nitrogen and oxygen atoms in total. The van der Waals surface area contributed by atoms with Crippen LogP contribution in [0.4, 0.5) is 0 Å². The molecule has 204 valence electrons. The molecule has 0 fully saturated rings. The third-order valence-electron chi connectivity index (χ3n) is 6.62. The van der Waals surface area contributed by atoms with Gasteiger partial charge < -0.3 is 14.2 Å². The van der Waals surface area contributed by atoms with Crippen molar-refractivity contribution in [3.63, 3.8) is 0 Å². The highest BCUT2D eigenvalue weighted by Gasteiger charge is 2.11. The molecular weight excluding hydrogens is 482 g/mol. The Labute approximate surface area is 234 Å². The molecule has 4 heteroatoms. The fourth-order valence-electron chi connectivity index (χ4n) is 4.51. The Morgan fingerprint density at radius 3 is 1.79 bits per heavy atom. The summed E-state index contributed by atoms with van der Waals surface area (Å²) in [6, 6.07) is 31.0. The highest BCUT2D eigenvalue weighted by atomic mass is 16.5. The molecule has 0 aliphatic heterocycles. The Balaban J connectivity index is 1.29. The van der Waals surface area contributed by atoms with Crippen LogP contribution in [0.2, 0.25) is 0 Å². The molecule has 0 radical (unpaired) electrons. The molecule has 0 aliphatic carbocycles. The molecule has 4 rings (SSSR count). The topological polar surface area (TPSA) is 40.6 Å². The van der Waals surface area contributed by atoms with Crippen molar-refractivity contribution >= 4 is 0 Å². The zero-order chi connectivity index (χ0) is 27.1. The van der Waals surface area contributed by atoms with Gasteiger partial charge in [-0.2, -0.15) is 0 Å². The first-order valence-corrected chi connectivity index (χ1v) is 14.4. The zero-order valence-electron chi connectivity index (χ0n) is 23.4. The molecule has 39 heavy (non-hydrogen) atoms. The highest BCUT2D eigenvalue weighted by molar-refractivity contribution is 5.71. The van der Waals surface area contributed by atoms with Crippen molar-refractivity contribution in [2.45, 2.75) is 58.8 Å². The van der Waals surface area contributed by atoms with E-state index in [2.05, 4.69) is 68.4 Å². The maximum Gasteiger partial charge on any atom is 0.214 e. The summed E-state index contributed by atoms with van der Waals surface area (Å²) in [5.41, 5.74) is 5.46. The van der Waals surface area contributed by atoms with Crippen LogP contribution in [0.15, 0.2) is 91.0 Å². The minimum absolute atomic E-state index is 0.626. The predicted molar refractivity (Wildman–Crippen MR) is 161 cm³/mol. The Morgan fingerprint density at radius 2 is 1.15 bits per heavy atom. The molecule has 0 spiro atoms. The summed E-state index contributed by atoms with van der Waals surface area (Å²) in [4.78, 5) is 4.81. The summed E-state index contributed by atoms with van der Waals surface area (Å²) < 4.78 is 18.4. The molecule has 0 saturated carbocycles. The first-order chi connectivity index (χ1) is 19.3. The maximum atomic E-state index is 6.20. The number of nitrogens with zero attached hydrogens (tertiary/aromatic N) is 1. The number of unbranched alkanes of at least 4 members (excludes halogenated alkanes) is 3. The van der Waals surface area contributed by atoms with Gasteiger partial charge in [-0.15, -0.1) is 0 Å². The van der Waals surface area contributed by atoms with Crippen LogP contribution in [0.25, 0.3) is 22.4 Å². The molecule has 4 aromatic rings. The van der Waals surface area contributed by atoms with E-state index in [1.54, 1.807) is 0 Å². The van der Waals surface area contributed by atoms with Crippen molar-refractivity contribution in [1.29, 1.82) is 0 Å². The quantitative estimate of drug-likeness (QED) is 0.137. The predicted octanol–water partition coefficient (Wildman–Crippen LogP) is 9.18. The molecule has 0 saturated heterocycles. The average Bonchev–Trinajstić information content (AvgIpc) is 2.99. The van der Waals surface area contributed by atoms with Crippen LogP contribution < -0.4 is 14.2 Å². The Morgan fingerprint density at radius 1 is 0.538 bits per heavy atom. The molecule has 0 amide bonds. The lowest BCUT2D eigenvalue weighted by atomic mass is 10.0. The second-order valence-corrected chi connectivity index (χ2v) is 9.75. The Bertz CT molecular complexity index is 1200. The van der Waals surface area contributed by atoms with Gasteiger partial charge in [-0.3, -0.25) is 0 Å². The molecule has 1 aromatic heterocycles. The lowest BCUT2D eigenvalue weighted by molar-refractivity contribution is 0.269. The van der Waals surface area contributed by atoms with Gasteiger partial charge in [0.2, 0.25) is 5.88 Å². The fraction of sp³-hybridized carbons (Fsp3) is 0.343. The van der Waals surface area contributed by atoms with Crippen LogP contribution in [-0.2, 0) is 6.42 Å². The summed E-state index contributed by atoms with van der Waals surface area (Å²) in [6.07, 6.45) is 7.18. The first kappa shape index (κ1) is 28.2. The monoisotopic (exact) mass is 523 g/mol. The molecule has 0 aliphatic rings. The summed E-state index contributed by atoms with van der Waals surface area (Å²) in [7, 11) is 0. The van der Waals surface area contributed by atoms with Gasteiger partial charge >= 0.3 is 0 Å². The van der Waals surface area contributed by atoms with Crippen molar-refractivity contribution in [2.24, 2.45) is 0 Å². The second-order valence-electron chi connectivity index (χ2n) is 9.75. The maximum absolute atomic E-state index is 6.20. The Hall–Kier alpha value is -3.79. The largest absolute Gasteiger partial charge is 0.493 e. The van der Waals surface area contributed by atoms with E-state index in [9.17, 15) is 0 Å². The SMILES string of the molecule is CCCCOc1cccc(OCCCCCOc2cc(-c3ccccc3)cc(-c3ccccc3)n2)c1CCC. The van der Waals surface area contributed by atoms with Crippen molar-refractivity contribution in [2.75, 3.05) is 19.8 Å². The average molecular weight is 524 g/mol. The third-order valence-corrected chi connectivity index (χ3v) is 6.62. The van der Waals surface area contributed by atoms with Crippen LogP contribution in [0, 0.1) is 0 Å². The van der Waals surface area contributed by atoms with Crippen molar-refractivity contribution < 1.29 is 14.2 Å². The van der Waals surface area contributed by atoms with E-state index in [4.69, 9.17) is 19.2 Å². The lowest BCUT2D eigenvalue weighted by Crippen LogP contribution is -2.05. The minimum atomic E-state index is 0.626. The van der Waals surface area contributed by atoms with E-state index in [-0.39, 0.29) is 0 Å². The molecule has 3 aromatic carbocycles. The molecule has 0 bridgehead atoms. The van der Waals surface area contributed by atoms with Gasteiger partial charge in [0.15, 0.2) is 0 Å². The standard InChI is InChI=1S/C35H41NO3/c1-3-5-23-37-33-21-15-22-34(31(33)16-4-2)38-24-13-8-14-25-39-35-27-30(28-17-9-6-10-18-28)26-32(36-35)29-19-11-7-12-20-29/h6-7,9-12,15,17-22,26-27H,3-5,8,13-14,16,23-25H2,1-2H3. The number of hydrogen-bond acceptors (Lipinski definition) is 4. The van der Waals surface area contributed by atoms with Crippen LogP contribution >= 0.6 is 0 Å². The van der Waals surface area contributed by atoms with Crippen LogP contribution in [0.3, 0.4) is 0 Å². The summed E-state index contributed by atoms with van der Waals surface area (Å²) in [5, 5.41) is 0. The van der Waals surface area contributed by atoms with E-state index >= 15 is 0 Å². The first-order valence-electron chi connectivity index (χ1n) is 14.4. The van der Waals surface area contributed by atoms with Gasteiger partial charge in [-0.1, -0.05) is 93.4 Å². The fourth-order valence-corrected chi connectivity index (χ4v) is 4.51. The molecule has 1 heterocycles. The van der Waals surface area contributed by atoms with Gasteiger partial charge in [-0.05, 0) is 61.4 Å². The van der Waals surface area contributed by atoms with Gasteiger partial charge in [0.1, 0.15) is 11.5 Å². The van der Waals surface area contributed by atoms with E-state index < -0.39 is 0 Å². The van der Waals surface area contributed by atoms with Gasteiger partial charge in [0.25, 0.3) is 0 Å². The second kappa shape index (κ2) is 15.6. The molecular formula is C35H41NO3. The molecule has 0 N–H and O–H groups in total. The molecule has 0 atom stereocenters. The molecule has 0 unspecified atom stereocenters. The van der Waals surface area contributed by atoms with E-state index in [0.29, 0.717) is 19.1 Å². The van der Waals surface area contributed by atoms with E-state index in [1.807, 2.05) is 36.4 Å². The van der Waals surface area contributed by atoms with Crippen molar-refractivity contribution in [3.05, 3.63) is 96.6 Å². The van der Waals surface area contributed by atoms with E-state index in [0.717, 1.165) is 85.4 Å². The number of hydrogen-bond donors (Lipinski definition) is 0. The number of benzene rings is 3. The van der Waals surface area contributed by atoms with Crippen LogP contribution in [-0.4, -0.2) is 24.8 Å². The zero-order valence-corrected chi connectivity index (χ0v) is 23.4.